The first-order valence-corrected chi connectivity index (χ1v) is 15.0. The number of unbranched alkanes of at least 4 members (excludes halogenated alkanes) is 10. The van der Waals surface area contributed by atoms with E-state index >= 15 is 0 Å². The molecule has 0 aromatic heterocycles. The van der Waals surface area contributed by atoms with Gasteiger partial charge in [-0.05, 0) is 31.8 Å². The van der Waals surface area contributed by atoms with Crippen LogP contribution in [0.1, 0.15) is 96.8 Å². The van der Waals surface area contributed by atoms with E-state index in [0.29, 0.717) is 18.5 Å². The number of carbonyl (C=O) groups is 1. The molecular weight excluding hydrogens is 588 g/mol. The number of hydrogen-bond acceptors (Lipinski definition) is 5. The third-order valence-corrected chi connectivity index (χ3v) is 4.00. The zero-order valence-corrected chi connectivity index (χ0v) is 20.9. The molecule has 0 saturated heterocycles. The zero-order valence-electron chi connectivity index (χ0n) is 17.1. The summed E-state index contributed by atoms with van der Waals surface area (Å²) in [6.45, 7) is 2.19. The van der Waals surface area contributed by atoms with Crippen molar-refractivity contribution in [2.45, 2.75) is 96.8 Å². The summed E-state index contributed by atoms with van der Waals surface area (Å²) in [5.41, 5.74) is 0.351. The number of hydrogen-bond donors (Lipinski definition) is 3. The van der Waals surface area contributed by atoms with Crippen LogP contribution in [0.4, 0.5) is 0 Å². The van der Waals surface area contributed by atoms with Crippen LogP contribution in [0, 0.1) is 10.1 Å². The monoisotopic (exact) mass is 626 g/mol. The van der Waals surface area contributed by atoms with Crippen molar-refractivity contribution in [2.24, 2.45) is 0 Å². The number of halogens is 2. The van der Waals surface area contributed by atoms with E-state index in [0.717, 1.165) is 44.9 Å². The number of nitro groups is 1. The van der Waals surface area contributed by atoms with E-state index in [9.17, 15) is 14.9 Å². The molecule has 0 aliphatic heterocycles. The molecule has 28 heavy (non-hydrogen) atoms. The molecule has 0 spiro atoms. The van der Waals surface area contributed by atoms with Crippen LogP contribution in [0.3, 0.4) is 0 Å². The second-order valence-electron chi connectivity index (χ2n) is 6.22. The molecule has 0 radical (unpaired) electrons. The Morgan fingerprint density at radius 1 is 0.929 bits per heavy atom. The van der Waals surface area contributed by atoms with Gasteiger partial charge in [0.2, 0.25) is 5.70 Å². The molecule has 0 rings (SSSR count). The minimum absolute atomic E-state index is 0. The minimum atomic E-state index is -0.752. The van der Waals surface area contributed by atoms with Gasteiger partial charge in [0.1, 0.15) is 0 Å². The van der Waals surface area contributed by atoms with E-state index in [4.69, 9.17) is 23.9 Å². The first-order valence-electron chi connectivity index (χ1n) is 9.37. The molecule has 0 amide bonds. The quantitative estimate of drug-likeness (QED) is 0.0921. The second-order valence-corrected chi connectivity index (χ2v) is 9.50. The van der Waals surface area contributed by atoms with Crippen LogP contribution in [0.25, 0.3) is 0 Å². The third kappa shape index (κ3) is 30.5. The van der Waals surface area contributed by atoms with Crippen molar-refractivity contribution in [3.8, 4) is 0 Å². The van der Waals surface area contributed by atoms with Crippen LogP contribution in [-0.4, -0.2) is 16.0 Å². The van der Waals surface area contributed by atoms with Crippen molar-refractivity contribution in [3.63, 3.8) is 0 Å². The molecule has 0 aromatic rings. The van der Waals surface area contributed by atoms with Crippen LogP contribution in [0.15, 0.2) is 11.8 Å². The van der Waals surface area contributed by atoms with Crippen LogP contribution in [-0.2, 0) is 21.3 Å². The zero-order chi connectivity index (χ0) is 20.0. The maximum absolute atomic E-state index is 11.0. The number of allylic oxidation sites excluding steroid dienone is 2. The Balaban J connectivity index is -0.000000538. The molecule has 7 nitrogen and oxygen atoms in total. The first kappa shape index (κ1) is 35.2. The molecule has 0 saturated carbocycles. The molecule has 0 aromatic carbocycles. The van der Waals surface area contributed by atoms with Crippen molar-refractivity contribution in [2.75, 3.05) is 0 Å². The maximum atomic E-state index is 11.0. The Labute approximate surface area is 186 Å². The number of rotatable bonds is 16. The predicted molar refractivity (Wildman–Crippen MR) is 115 cm³/mol. The third-order valence-electron chi connectivity index (χ3n) is 4.00. The SMILES string of the molecule is CCCCCCCC/C=C(\CCCCCCCC(=O)O)[N+](=O)[O-].N.N.[Cl][Pt][Cl]. The number of aliphatic carboxylic acids is 1. The van der Waals surface area contributed by atoms with Gasteiger partial charge in [-0.2, -0.15) is 0 Å². The van der Waals surface area contributed by atoms with Crippen LogP contribution >= 0.6 is 18.8 Å². The first-order chi connectivity index (χ1) is 12.5. The molecule has 0 bridgehead atoms. The second kappa shape index (κ2) is 29.0. The summed E-state index contributed by atoms with van der Waals surface area (Å²) in [6.07, 6.45) is 14.9. The summed E-state index contributed by atoms with van der Waals surface area (Å²) >= 11 is -0.472. The average Bonchev–Trinajstić information content (AvgIpc) is 2.58. The molecule has 0 aliphatic carbocycles. The van der Waals surface area contributed by atoms with Gasteiger partial charge in [0, 0.05) is 12.8 Å². The predicted octanol–water partition coefficient (Wildman–Crippen LogP) is 7.41. The van der Waals surface area contributed by atoms with E-state index in [1.807, 2.05) is 0 Å². The average molecular weight is 628 g/mol. The standard InChI is InChI=1S/C18H33NO4.2ClH.2H3N.Pt/c1-2-3-4-5-6-8-11-14-17(19(22)23)15-12-9-7-10-13-16-18(20)21;;;;;/h14H,2-13,15-16H2,1H3,(H,20,21);2*1H;2*1H3;/q;;;;;+2/p-2/b17-14+;;;;;. The van der Waals surface area contributed by atoms with Crippen molar-refractivity contribution in [1.29, 1.82) is 0 Å². The molecule has 174 valence electrons. The Hall–Kier alpha value is -0.202. The van der Waals surface area contributed by atoms with Gasteiger partial charge >= 0.3 is 41.3 Å². The fraction of sp³-hybridized carbons (Fsp3) is 0.833. The van der Waals surface area contributed by atoms with Crippen LogP contribution < -0.4 is 12.3 Å². The normalized spacial score (nSPS) is 10.3. The summed E-state index contributed by atoms with van der Waals surface area (Å²) in [6, 6.07) is 0. The fourth-order valence-electron chi connectivity index (χ4n) is 2.57. The van der Waals surface area contributed by atoms with Gasteiger partial charge in [0.25, 0.3) is 0 Å². The molecule has 0 atom stereocenters. The van der Waals surface area contributed by atoms with Crippen LogP contribution in [0.5, 0.6) is 0 Å². The van der Waals surface area contributed by atoms with Gasteiger partial charge in [-0.1, -0.05) is 58.3 Å². The van der Waals surface area contributed by atoms with E-state index < -0.39 is 22.5 Å². The van der Waals surface area contributed by atoms with Crippen LogP contribution in [0.2, 0.25) is 0 Å². The number of carboxylic acids is 1. The summed E-state index contributed by atoms with van der Waals surface area (Å²) in [5, 5.41) is 19.5. The Bertz CT molecular complexity index is 390. The van der Waals surface area contributed by atoms with Gasteiger partial charge in [-0.15, -0.1) is 0 Å². The fourth-order valence-corrected chi connectivity index (χ4v) is 2.57. The Morgan fingerprint density at radius 3 is 1.82 bits per heavy atom. The van der Waals surface area contributed by atoms with Gasteiger partial charge in [-0.25, -0.2) is 0 Å². The van der Waals surface area contributed by atoms with Crippen molar-refractivity contribution in [1.82, 2.24) is 12.3 Å². The number of carboxylic acid groups (broad SMARTS) is 1. The van der Waals surface area contributed by atoms with Crippen molar-refractivity contribution >= 4 is 24.8 Å². The molecule has 0 fully saturated rings. The van der Waals surface area contributed by atoms with E-state index in [-0.39, 0.29) is 23.6 Å². The molecule has 0 aliphatic rings. The summed E-state index contributed by atoms with van der Waals surface area (Å²) in [4.78, 5) is 21.1. The van der Waals surface area contributed by atoms with Crippen molar-refractivity contribution < 1.29 is 31.3 Å². The van der Waals surface area contributed by atoms with Gasteiger partial charge in [0.05, 0.1) is 4.92 Å². The summed E-state index contributed by atoms with van der Waals surface area (Å²) < 4.78 is 0. The van der Waals surface area contributed by atoms with Gasteiger partial charge in [0.15, 0.2) is 0 Å². The Morgan fingerprint density at radius 2 is 1.36 bits per heavy atom. The van der Waals surface area contributed by atoms with E-state index in [1.54, 1.807) is 6.08 Å². The van der Waals surface area contributed by atoms with Gasteiger partial charge < -0.3 is 17.4 Å². The molecule has 0 unspecified atom stereocenters. The summed E-state index contributed by atoms with van der Waals surface area (Å²) in [7, 11) is 9.75. The van der Waals surface area contributed by atoms with Crippen molar-refractivity contribution in [3.05, 3.63) is 21.9 Å². The van der Waals surface area contributed by atoms with E-state index in [1.165, 1.54) is 25.7 Å². The topological polar surface area (TPSA) is 150 Å². The van der Waals surface area contributed by atoms with E-state index in [2.05, 4.69) is 6.92 Å². The molecular formula is C18H39Cl2N3O4Pt. The number of nitrogens with zero attached hydrogens (tertiary/aromatic N) is 1. The molecule has 7 N–H and O–H groups in total. The Kier molecular flexibility index (Phi) is 36.5. The molecule has 0 heterocycles. The summed E-state index contributed by atoms with van der Waals surface area (Å²) in [5.74, 6) is -0.752. The van der Waals surface area contributed by atoms with Gasteiger partial charge in [-0.3, -0.25) is 14.9 Å². The molecule has 10 heteroatoms.